The number of rotatable bonds is 10. The number of para-hydroxylation sites is 5. The molecule has 15 aromatic rings. The summed E-state index contributed by atoms with van der Waals surface area (Å²) in [5, 5.41) is 6.93. The third-order valence-electron chi connectivity index (χ3n) is 16.8. The number of benzene rings is 13. The minimum atomic E-state index is -0.614. The number of hydrogen-bond acceptors (Lipinski definition) is 3. The fourth-order valence-corrected chi connectivity index (χ4v) is 13.4. The maximum absolute atomic E-state index is 6.46. The first-order valence-corrected chi connectivity index (χ1v) is 27.8. The van der Waals surface area contributed by atoms with Crippen LogP contribution in [0.25, 0.3) is 82.5 Å². The number of aromatic nitrogens is 1. The molecule has 13 aromatic carbocycles. The Kier molecular flexibility index (Phi) is 10.8. The summed E-state index contributed by atoms with van der Waals surface area (Å²) in [5.41, 5.74) is 20.5. The molecule has 1 aliphatic rings. The second-order valence-electron chi connectivity index (χ2n) is 21.2. The highest BCUT2D eigenvalue weighted by atomic mass is 16.3. The van der Waals surface area contributed by atoms with Gasteiger partial charge in [0.2, 0.25) is 0 Å². The van der Waals surface area contributed by atoms with Gasteiger partial charge in [0.05, 0.1) is 16.4 Å². The van der Waals surface area contributed by atoms with Crippen LogP contribution < -0.4 is 9.80 Å². The summed E-state index contributed by atoms with van der Waals surface area (Å²) in [4.78, 5) is 4.86. The van der Waals surface area contributed by atoms with Crippen LogP contribution in [0, 0.1) is 0 Å². The molecule has 0 atom stereocenters. The van der Waals surface area contributed by atoms with Crippen molar-refractivity contribution in [3.63, 3.8) is 0 Å². The molecular formula is C77H51N3O. The van der Waals surface area contributed by atoms with Crippen molar-refractivity contribution in [2.75, 3.05) is 9.80 Å². The van der Waals surface area contributed by atoms with E-state index in [0.29, 0.717) is 0 Å². The first kappa shape index (κ1) is 46.4. The minimum Gasteiger partial charge on any atom is -0.456 e. The molecule has 380 valence electrons. The molecule has 0 aliphatic heterocycles. The van der Waals surface area contributed by atoms with Gasteiger partial charge in [-0.15, -0.1) is 0 Å². The van der Waals surface area contributed by atoms with Gasteiger partial charge < -0.3 is 18.8 Å². The smallest absolute Gasteiger partial charge is 0.135 e. The molecule has 0 radical (unpaired) electrons. The second-order valence-corrected chi connectivity index (χ2v) is 21.2. The molecule has 4 nitrogen and oxygen atoms in total. The topological polar surface area (TPSA) is 24.6 Å². The van der Waals surface area contributed by atoms with E-state index in [1.54, 1.807) is 0 Å². The quantitative estimate of drug-likeness (QED) is 0.136. The van der Waals surface area contributed by atoms with Crippen molar-refractivity contribution in [2.24, 2.45) is 0 Å². The molecule has 16 rings (SSSR count). The van der Waals surface area contributed by atoms with E-state index < -0.39 is 5.41 Å². The summed E-state index contributed by atoms with van der Waals surface area (Å²) in [5.74, 6) is 0. The van der Waals surface area contributed by atoms with E-state index in [-0.39, 0.29) is 0 Å². The summed E-state index contributed by atoms with van der Waals surface area (Å²) in [6.45, 7) is 0. The van der Waals surface area contributed by atoms with Crippen molar-refractivity contribution in [1.29, 1.82) is 0 Å². The summed E-state index contributed by atoms with van der Waals surface area (Å²) in [6.07, 6.45) is 0. The Morgan fingerprint density at radius 3 is 1.44 bits per heavy atom. The summed E-state index contributed by atoms with van der Waals surface area (Å²) in [7, 11) is 0. The Bertz CT molecular complexity index is 4830. The lowest BCUT2D eigenvalue weighted by atomic mass is 9.67. The molecule has 0 saturated heterocycles. The lowest BCUT2D eigenvalue weighted by Crippen LogP contribution is -2.28. The summed E-state index contributed by atoms with van der Waals surface area (Å²) in [6, 6.07) is 113. The molecule has 81 heavy (non-hydrogen) atoms. The summed E-state index contributed by atoms with van der Waals surface area (Å²) < 4.78 is 8.85. The predicted octanol–water partition coefficient (Wildman–Crippen LogP) is 20.8. The molecule has 0 fully saturated rings. The number of anilines is 6. The zero-order valence-corrected chi connectivity index (χ0v) is 44.2. The van der Waals surface area contributed by atoms with Gasteiger partial charge in [-0.25, -0.2) is 0 Å². The SMILES string of the molecule is c1ccc(N(c2cc(-c3cc4c(c5ccccc35)-c3ccccc3C4(c3ccccc3)c3ccccc3)cc(N(c3ccccc3)c3ccc4c(c3)c3ccccc3n4-c3ccccc3)c2)c2ccc3oc4ccccc4c3c2)cc1. The van der Waals surface area contributed by atoms with E-state index in [2.05, 4.69) is 318 Å². The first-order valence-electron chi connectivity index (χ1n) is 27.8. The number of hydrogen-bond donors (Lipinski definition) is 0. The molecular weight excluding hydrogens is 983 g/mol. The lowest BCUT2D eigenvalue weighted by Gasteiger charge is -2.34. The van der Waals surface area contributed by atoms with Crippen LogP contribution in [0.1, 0.15) is 22.3 Å². The van der Waals surface area contributed by atoms with Gasteiger partial charge in [0.15, 0.2) is 0 Å². The van der Waals surface area contributed by atoms with Crippen LogP contribution >= 0.6 is 0 Å². The fraction of sp³-hybridized carbons (Fsp3) is 0.0130. The number of fused-ring (bicyclic) bond motifs is 11. The second kappa shape index (κ2) is 18.8. The van der Waals surface area contributed by atoms with Crippen LogP contribution in [0.2, 0.25) is 0 Å². The van der Waals surface area contributed by atoms with E-state index >= 15 is 0 Å². The maximum atomic E-state index is 6.46. The molecule has 1 aliphatic carbocycles. The van der Waals surface area contributed by atoms with Gasteiger partial charge in [-0.2, -0.15) is 0 Å². The van der Waals surface area contributed by atoms with Crippen LogP contribution in [0.5, 0.6) is 0 Å². The van der Waals surface area contributed by atoms with Crippen LogP contribution in [-0.4, -0.2) is 4.57 Å². The van der Waals surface area contributed by atoms with Gasteiger partial charge in [-0.05, 0) is 164 Å². The lowest BCUT2D eigenvalue weighted by molar-refractivity contribution is 0.669. The monoisotopic (exact) mass is 1030 g/mol. The van der Waals surface area contributed by atoms with E-state index in [1.165, 1.54) is 60.4 Å². The average molecular weight is 1030 g/mol. The van der Waals surface area contributed by atoms with Crippen molar-refractivity contribution in [3.8, 4) is 27.9 Å². The molecule has 4 heteroatoms. The van der Waals surface area contributed by atoms with Crippen molar-refractivity contribution in [1.82, 2.24) is 4.57 Å². The Morgan fingerprint density at radius 2 is 0.778 bits per heavy atom. The van der Waals surface area contributed by atoms with Crippen molar-refractivity contribution in [3.05, 3.63) is 332 Å². The Hall–Kier alpha value is -10.7. The molecule has 0 spiro atoms. The van der Waals surface area contributed by atoms with Gasteiger partial charge in [0.25, 0.3) is 0 Å². The van der Waals surface area contributed by atoms with E-state index in [0.717, 1.165) is 78.4 Å². The first-order chi connectivity index (χ1) is 40.2. The van der Waals surface area contributed by atoms with Crippen molar-refractivity contribution in [2.45, 2.75) is 5.41 Å². The maximum Gasteiger partial charge on any atom is 0.135 e. The molecule has 0 bridgehead atoms. The third-order valence-corrected chi connectivity index (χ3v) is 16.8. The number of nitrogens with zero attached hydrogens (tertiary/aromatic N) is 3. The Balaban J connectivity index is 1.01. The molecule has 0 unspecified atom stereocenters. The van der Waals surface area contributed by atoms with Crippen molar-refractivity contribution < 1.29 is 4.42 Å². The standard InChI is InChI=1S/C77H51N3O/c1-6-24-53(25-7-1)77(54-26-8-2-9-27-54)70-39-21-18-38-66(70)76-65-37-17-16-34-62(65)67(51-71(76)77)52-46-60(48-61(47-52)79(56-30-12-4-13-31-56)59-43-45-75-69(50-59)64-36-20-23-41-74(64)81-75)78(55-28-10-3-11-29-55)58-42-44-73-68(49-58)63-35-19-22-40-72(63)80(73)57-32-14-5-15-33-57/h1-51H. The van der Waals surface area contributed by atoms with Gasteiger partial charge in [0.1, 0.15) is 11.2 Å². The van der Waals surface area contributed by atoms with Crippen LogP contribution in [0.15, 0.2) is 314 Å². The third kappa shape index (κ3) is 7.31. The van der Waals surface area contributed by atoms with Crippen LogP contribution in [0.3, 0.4) is 0 Å². The van der Waals surface area contributed by atoms with Crippen LogP contribution in [0.4, 0.5) is 34.1 Å². The van der Waals surface area contributed by atoms with E-state index in [9.17, 15) is 0 Å². The molecule has 0 amide bonds. The van der Waals surface area contributed by atoms with Crippen molar-refractivity contribution >= 4 is 88.6 Å². The molecule has 2 heterocycles. The van der Waals surface area contributed by atoms with Gasteiger partial charge >= 0.3 is 0 Å². The zero-order chi connectivity index (χ0) is 53.4. The largest absolute Gasteiger partial charge is 0.456 e. The highest BCUT2D eigenvalue weighted by Gasteiger charge is 2.47. The fourth-order valence-electron chi connectivity index (χ4n) is 13.4. The van der Waals surface area contributed by atoms with E-state index in [1.807, 2.05) is 6.07 Å². The average Bonchev–Trinajstić information content (AvgIpc) is 2.66. The van der Waals surface area contributed by atoms with Gasteiger partial charge in [-0.3, -0.25) is 0 Å². The van der Waals surface area contributed by atoms with Gasteiger partial charge in [0, 0.05) is 61.4 Å². The number of furan rings is 1. The minimum absolute atomic E-state index is 0.614. The highest BCUT2D eigenvalue weighted by Crippen LogP contribution is 2.59. The predicted molar refractivity (Wildman–Crippen MR) is 338 cm³/mol. The Labute approximate surface area is 469 Å². The highest BCUT2D eigenvalue weighted by molar-refractivity contribution is 6.13. The zero-order valence-electron chi connectivity index (χ0n) is 44.2. The molecule has 0 N–H and O–H groups in total. The Morgan fingerprint density at radius 1 is 0.284 bits per heavy atom. The molecule has 0 saturated carbocycles. The normalized spacial score (nSPS) is 12.5. The van der Waals surface area contributed by atoms with Crippen LogP contribution in [-0.2, 0) is 5.41 Å². The van der Waals surface area contributed by atoms with E-state index in [4.69, 9.17) is 4.42 Å². The van der Waals surface area contributed by atoms with Gasteiger partial charge in [-0.1, -0.05) is 200 Å². The molecule has 2 aromatic heterocycles. The summed E-state index contributed by atoms with van der Waals surface area (Å²) >= 11 is 0.